The zero-order valence-electron chi connectivity index (χ0n) is 11.4. The van der Waals surface area contributed by atoms with E-state index < -0.39 is 11.6 Å². The second-order valence-corrected chi connectivity index (χ2v) is 5.60. The minimum Gasteiger partial charge on any atom is -0.455 e. The summed E-state index contributed by atoms with van der Waals surface area (Å²) in [6, 6.07) is 0. The first-order valence-corrected chi connectivity index (χ1v) is 5.84. The van der Waals surface area contributed by atoms with Gasteiger partial charge in [0.05, 0.1) is 5.69 Å². The number of rotatable bonds is 3. The van der Waals surface area contributed by atoms with Crippen molar-refractivity contribution in [3.8, 4) is 0 Å². The molecule has 5 nitrogen and oxygen atoms in total. The molecule has 0 bridgehead atoms. The van der Waals surface area contributed by atoms with Crippen molar-refractivity contribution in [1.82, 2.24) is 15.0 Å². The third-order valence-corrected chi connectivity index (χ3v) is 2.11. The van der Waals surface area contributed by atoms with Crippen LogP contribution in [0.2, 0.25) is 0 Å². The summed E-state index contributed by atoms with van der Waals surface area (Å²) in [5.74, 6) is 0.0480. The van der Waals surface area contributed by atoms with Crippen LogP contribution in [-0.2, 0) is 11.3 Å². The molecule has 0 saturated carbocycles. The number of aromatic nitrogens is 3. The third kappa shape index (κ3) is 3.84. The molecule has 1 aromatic heterocycles. The summed E-state index contributed by atoms with van der Waals surface area (Å²) >= 11 is 0. The summed E-state index contributed by atoms with van der Waals surface area (Å²) in [5, 5.41) is 7.86. The van der Waals surface area contributed by atoms with E-state index in [-0.39, 0.29) is 0 Å². The number of esters is 1. The lowest BCUT2D eigenvalue weighted by Crippen LogP contribution is -2.24. The Balaban J connectivity index is 2.86. The highest BCUT2D eigenvalue weighted by Gasteiger charge is 2.23. The maximum absolute atomic E-state index is 11.8. The lowest BCUT2D eigenvalue weighted by molar-refractivity contribution is 0.00618. The quantitative estimate of drug-likeness (QED) is 0.759. The molecule has 0 aliphatic rings. The van der Waals surface area contributed by atoms with Gasteiger partial charge >= 0.3 is 5.97 Å². The Bertz CT molecular complexity index is 402. The van der Waals surface area contributed by atoms with Gasteiger partial charge in [0.25, 0.3) is 0 Å². The van der Waals surface area contributed by atoms with Crippen LogP contribution in [-0.4, -0.2) is 26.6 Å². The molecule has 5 heteroatoms. The second kappa shape index (κ2) is 4.85. The summed E-state index contributed by atoms with van der Waals surface area (Å²) in [6.45, 7) is 12.3. The Hall–Kier alpha value is -1.39. The van der Waals surface area contributed by atoms with Crippen LogP contribution < -0.4 is 0 Å². The first-order chi connectivity index (χ1) is 7.70. The van der Waals surface area contributed by atoms with Crippen LogP contribution in [0.25, 0.3) is 0 Å². The number of hydrogen-bond donors (Lipinski definition) is 0. The number of hydrogen-bond acceptors (Lipinski definition) is 4. The van der Waals surface area contributed by atoms with Crippen molar-refractivity contribution < 1.29 is 9.53 Å². The van der Waals surface area contributed by atoms with Crippen LogP contribution >= 0.6 is 0 Å². The van der Waals surface area contributed by atoms with Gasteiger partial charge < -0.3 is 4.74 Å². The first-order valence-electron chi connectivity index (χ1n) is 5.84. The van der Waals surface area contributed by atoms with E-state index in [0.717, 1.165) is 12.2 Å². The van der Waals surface area contributed by atoms with Crippen molar-refractivity contribution in [2.24, 2.45) is 5.92 Å². The minimum absolute atomic E-state index is 0.306. The summed E-state index contributed by atoms with van der Waals surface area (Å²) in [7, 11) is 0. The highest BCUT2D eigenvalue weighted by molar-refractivity contribution is 5.88. The average molecular weight is 239 g/mol. The lowest BCUT2D eigenvalue weighted by Gasteiger charge is -2.18. The summed E-state index contributed by atoms with van der Waals surface area (Å²) in [5.41, 5.74) is 0.555. The topological polar surface area (TPSA) is 57.0 Å². The number of ether oxygens (including phenoxy) is 1. The SMILES string of the molecule is Cc1c(C(=O)OC(C)(C)C)nnn1CC(C)C. The Morgan fingerprint density at radius 1 is 1.41 bits per heavy atom. The monoisotopic (exact) mass is 239 g/mol. The van der Waals surface area contributed by atoms with Crippen LogP contribution in [0.5, 0.6) is 0 Å². The van der Waals surface area contributed by atoms with Gasteiger partial charge in [0.1, 0.15) is 5.60 Å². The first kappa shape index (κ1) is 13.7. The minimum atomic E-state index is -0.509. The summed E-state index contributed by atoms with van der Waals surface area (Å²) in [4.78, 5) is 11.8. The van der Waals surface area contributed by atoms with Gasteiger partial charge in [-0.25, -0.2) is 9.48 Å². The van der Waals surface area contributed by atoms with Gasteiger partial charge in [0.15, 0.2) is 5.69 Å². The largest absolute Gasteiger partial charge is 0.455 e. The predicted octanol–water partition coefficient (Wildman–Crippen LogP) is 2.20. The van der Waals surface area contributed by atoms with Gasteiger partial charge in [-0.2, -0.15) is 0 Å². The number of carbonyl (C=O) groups is 1. The standard InChI is InChI=1S/C12H21N3O2/c1-8(2)7-15-9(3)10(13-14-15)11(16)17-12(4,5)6/h8H,7H2,1-6H3. The van der Waals surface area contributed by atoms with Crippen molar-refractivity contribution in [3.05, 3.63) is 11.4 Å². The zero-order valence-corrected chi connectivity index (χ0v) is 11.4. The van der Waals surface area contributed by atoms with Crippen molar-refractivity contribution in [2.45, 2.75) is 53.7 Å². The van der Waals surface area contributed by atoms with E-state index in [4.69, 9.17) is 4.74 Å². The molecule has 0 aliphatic heterocycles. The van der Waals surface area contributed by atoms with Gasteiger partial charge in [-0.1, -0.05) is 19.1 Å². The Morgan fingerprint density at radius 3 is 2.47 bits per heavy atom. The van der Waals surface area contributed by atoms with Crippen molar-refractivity contribution in [1.29, 1.82) is 0 Å². The van der Waals surface area contributed by atoms with E-state index >= 15 is 0 Å². The maximum atomic E-state index is 11.8. The molecule has 17 heavy (non-hydrogen) atoms. The van der Waals surface area contributed by atoms with Gasteiger partial charge in [0, 0.05) is 6.54 Å². The molecular formula is C12H21N3O2. The van der Waals surface area contributed by atoms with Crippen LogP contribution in [0.3, 0.4) is 0 Å². The molecule has 1 heterocycles. The molecule has 0 amide bonds. The molecule has 0 saturated heterocycles. The van der Waals surface area contributed by atoms with Crippen molar-refractivity contribution >= 4 is 5.97 Å². The van der Waals surface area contributed by atoms with E-state index in [9.17, 15) is 4.79 Å². The fourth-order valence-electron chi connectivity index (χ4n) is 1.39. The Morgan fingerprint density at radius 2 is 2.00 bits per heavy atom. The fourth-order valence-corrected chi connectivity index (χ4v) is 1.39. The van der Waals surface area contributed by atoms with Crippen LogP contribution in [0.15, 0.2) is 0 Å². The fraction of sp³-hybridized carbons (Fsp3) is 0.750. The van der Waals surface area contributed by atoms with Gasteiger partial charge in [0.2, 0.25) is 0 Å². The van der Waals surface area contributed by atoms with E-state index in [1.165, 1.54) is 0 Å². The van der Waals surface area contributed by atoms with Crippen molar-refractivity contribution in [2.75, 3.05) is 0 Å². The number of carbonyl (C=O) groups excluding carboxylic acids is 1. The summed E-state index contributed by atoms with van der Waals surface area (Å²) < 4.78 is 7.01. The summed E-state index contributed by atoms with van der Waals surface area (Å²) in [6.07, 6.45) is 0. The smallest absolute Gasteiger partial charge is 0.361 e. The molecule has 0 atom stereocenters. The van der Waals surface area contributed by atoms with Crippen molar-refractivity contribution in [3.63, 3.8) is 0 Å². The average Bonchev–Trinajstić information content (AvgIpc) is 2.44. The predicted molar refractivity (Wildman–Crippen MR) is 64.8 cm³/mol. The molecule has 0 fully saturated rings. The molecule has 0 N–H and O–H groups in total. The normalized spacial score (nSPS) is 11.9. The molecular weight excluding hydrogens is 218 g/mol. The Labute approximate surface area is 102 Å². The molecule has 0 unspecified atom stereocenters. The third-order valence-electron chi connectivity index (χ3n) is 2.11. The van der Waals surface area contributed by atoms with Gasteiger partial charge in [-0.3, -0.25) is 0 Å². The van der Waals surface area contributed by atoms with Crippen LogP contribution in [0, 0.1) is 12.8 Å². The maximum Gasteiger partial charge on any atom is 0.361 e. The lowest BCUT2D eigenvalue weighted by atomic mass is 10.2. The highest BCUT2D eigenvalue weighted by Crippen LogP contribution is 2.13. The molecule has 0 spiro atoms. The molecule has 0 radical (unpaired) electrons. The second-order valence-electron chi connectivity index (χ2n) is 5.60. The molecule has 96 valence electrons. The molecule has 1 rings (SSSR count). The van der Waals surface area contributed by atoms with Gasteiger partial charge in [-0.15, -0.1) is 5.10 Å². The number of nitrogens with zero attached hydrogens (tertiary/aromatic N) is 3. The van der Waals surface area contributed by atoms with E-state index in [2.05, 4.69) is 24.2 Å². The van der Waals surface area contributed by atoms with E-state index in [0.29, 0.717) is 11.6 Å². The molecule has 1 aromatic rings. The van der Waals surface area contributed by atoms with Crippen LogP contribution in [0.4, 0.5) is 0 Å². The highest BCUT2D eigenvalue weighted by atomic mass is 16.6. The van der Waals surface area contributed by atoms with E-state index in [1.807, 2.05) is 27.7 Å². The molecule has 0 aromatic carbocycles. The zero-order chi connectivity index (χ0) is 13.2. The van der Waals surface area contributed by atoms with Gasteiger partial charge in [-0.05, 0) is 33.6 Å². The molecule has 0 aliphatic carbocycles. The van der Waals surface area contributed by atoms with Crippen LogP contribution in [0.1, 0.15) is 50.8 Å². The van der Waals surface area contributed by atoms with E-state index in [1.54, 1.807) is 4.68 Å². The Kier molecular flexibility index (Phi) is 3.91.